The fourth-order valence-corrected chi connectivity index (χ4v) is 2.38. The van der Waals surface area contributed by atoms with Crippen LogP contribution in [0, 0.1) is 0 Å². The van der Waals surface area contributed by atoms with Crippen LogP contribution in [0.15, 0.2) is 30.6 Å². The van der Waals surface area contributed by atoms with Crippen molar-refractivity contribution in [3.63, 3.8) is 0 Å². The highest BCUT2D eigenvalue weighted by Crippen LogP contribution is 2.32. The second kappa shape index (κ2) is 4.68. The number of carbonyl (C=O) groups is 1. The Morgan fingerprint density at radius 1 is 1.53 bits per heavy atom. The molecule has 0 spiro atoms. The summed E-state index contributed by atoms with van der Waals surface area (Å²) in [6.45, 7) is 2.72. The molecular weight excluding hydrogens is 264 g/mol. The summed E-state index contributed by atoms with van der Waals surface area (Å²) in [5, 5.41) is 10.8. The molecule has 1 aliphatic heterocycles. The Morgan fingerprint density at radius 2 is 2.37 bits per heavy atom. The van der Waals surface area contributed by atoms with Crippen molar-refractivity contribution in [2.75, 3.05) is 11.9 Å². The minimum atomic E-state index is -0.268. The molecule has 1 aromatic carbocycles. The minimum Gasteiger partial charge on any atom is -0.324 e. The van der Waals surface area contributed by atoms with Crippen LogP contribution in [0.5, 0.6) is 0 Å². The largest absolute Gasteiger partial charge is 0.324 e. The van der Waals surface area contributed by atoms with Crippen LogP contribution in [0.4, 0.5) is 5.69 Å². The summed E-state index contributed by atoms with van der Waals surface area (Å²) >= 11 is 5.85. The maximum atomic E-state index is 11.9. The first-order valence-corrected chi connectivity index (χ1v) is 6.45. The van der Waals surface area contributed by atoms with Gasteiger partial charge in [-0.25, -0.2) is 4.68 Å². The molecule has 0 saturated carbocycles. The number of hydrogen-bond acceptors (Lipinski definition) is 3. The average Bonchev–Trinajstić information content (AvgIpc) is 2.94. The van der Waals surface area contributed by atoms with Crippen LogP contribution in [0.25, 0.3) is 5.69 Å². The van der Waals surface area contributed by atoms with Crippen LogP contribution in [-0.4, -0.2) is 22.2 Å². The fourth-order valence-electron chi connectivity index (χ4n) is 2.24. The number of likely N-dealkylation sites (N-methyl/N-ethyl adjacent to an activating group) is 1. The summed E-state index contributed by atoms with van der Waals surface area (Å²) in [6.07, 6.45) is 3.30. The smallest absolute Gasteiger partial charge is 0.246 e. The molecule has 98 valence electrons. The van der Waals surface area contributed by atoms with Crippen molar-refractivity contribution in [3.05, 3.63) is 41.2 Å². The molecule has 2 aromatic rings. The fraction of sp³-hybridized carbons (Fsp3) is 0.231. The van der Waals surface area contributed by atoms with Crippen molar-refractivity contribution in [3.8, 4) is 5.69 Å². The van der Waals surface area contributed by atoms with Crippen molar-refractivity contribution >= 4 is 23.2 Å². The lowest BCUT2D eigenvalue weighted by Crippen LogP contribution is -2.27. The first-order valence-electron chi connectivity index (χ1n) is 6.08. The zero-order chi connectivity index (χ0) is 13.4. The highest BCUT2D eigenvalue weighted by Gasteiger charge is 2.29. The van der Waals surface area contributed by atoms with E-state index >= 15 is 0 Å². The molecule has 19 heavy (non-hydrogen) atoms. The number of amides is 1. The van der Waals surface area contributed by atoms with Crippen molar-refractivity contribution < 1.29 is 4.79 Å². The SMILES string of the molecule is CCNC1C(=O)Nc2cc(-n3cc(Cl)cn3)ccc21. The summed E-state index contributed by atoms with van der Waals surface area (Å²) in [6, 6.07) is 5.49. The van der Waals surface area contributed by atoms with E-state index in [0.717, 1.165) is 23.5 Å². The Morgan fingerprint density at radius 3 is 3.05 bits per heavy atom. The third-order valence-corrected chi connectivity index (χ3v) is 3.29. The van der Waals surface area contributed by atoms with Gasteiger partial charge in [-0.3, -0.25) is 4.79 Å². The van der Waals surface area contributed by atoms with E-state index < -0.39 is 0 Å². The van der Waals surface area contributed by atoms with E-state index in [1.165, 1.54) is 0 Å². The molecule has 1 amide bonds. The molecule has 1 atom stereocenters. The van der Waals surface area contributed by atoms with Crippen LogP contribution in [0.3, 0.4) is 0 Å². The first kappa shape index (κ1) is 12.2. The summed E-state index contributed by atoms with van der Waals surface area (Å²) in [4.78, 5) is 11.9. The van der Waals surface area contributed by atoms with Gasteiger partial charge in [0.15, 0.2) is 0 Å². The molecule has 2 heterocycles. The van der Waals surface area contributed by atoms with Crippen LogP contribution < -0.4 is 10.6 Å². The number of carbonyl (C=O) groups excluding carboxylic acids is 1. The topological polar surface area (TPSA) is 59.0 Å². The second-order valence-corrected chi connectivity index (χ2v) is 4.79. The van der Waals surface area contributed by atoms with Gasteiger partial charge in [0.2, 0.25) is 5.91 Å². The quantitative estimate of drug-likeness (QED) is 0.903. The number of nitrogens with one attached hydrogen (secondary N) is 2. The van der Waals surface area contributed by atoms with Gasteiger partial charge >= 0.3 is 0 Å². The van der Waals surface area contributed by atoms with Gasteiger partial charge in [-0.2, -0.15) is 5.10 Å². The molecule has 2 N–H and O–H groups in total. The number of benzene rings is 1. The number of rotatable bonds is 3. The maximum Gasteiger partial charge on any atom is 0.246 e. The van der Waals surface area contributed by atoms with Gasteiger partial charge in [0.05, 0.1) is 16.9 Å². The Kier molecular flexibility index (Phi) is 3.00. The Labute approximate surface area is 115 Å². The zero-order valence-corrected chi connectivity index (χ0v) is 11.1. The Balaban J connectivity index is 1.98. The zero-order valence-electron chi connectivity index (χ0n) is 10.4. The van der Waals surface area contributed by atoms with Crippen molar-refractivity contribution in [2.24, 2.45) is 0 Å². The molecule has 1 aliphatic rings. The number of hydrogen-bond donors (Lipinski definition) is 2. The molecular formula is C13H13ClN4O. The van der Waals surface area contributed by atoms with E-state index in [1.807, 2.05) is 25.1 Å². The van der Waals surface area contributed by atoms with E-state index in [9.17, 15) is 4.79 Å². The van der Waals surface area contributed by atoms with E-state index in [1.54, 1.807) is 17.1 Å². The van der Waals surface area contributed by atoms with E-state index in [-0.39, 0.29) is 11.9 Å². The van der Waals surface area contributed by atoms with Crippen LogP contribution in [0.1, 0.15) is 18.5 Å². The monoisotopic (exact) mass is 276 g/mol. The summed E-state index contributed by atoms with van der Waals surface area (Å²) in [5.41, 5.74) is 2.65. The lowest BCUT2D eigenvalue weighted by atomic mass is 10.1. The minimum absolute atomic E-state index is 0.0208. The van der Waals surface area contributed by atoms with E-state index in [2.05, 4.69) is 15.7 Å². The standard InChI is InChI=1S/C13H13ClN4O/c1-2-15-12-10-4-3-9(5-11(10)17-13(12)19)18-7-8(14)6-16-18/h3-7,12,15H,2H2,1H3,(H,17,19). The summed E-state index contributed by atoms with van der Waals surface area (Å²) in [7, 11) is 0. The molecule has 0 aliphatic carbocycles. The van der Waals surface area contributed by atoms with Crippen LogP contribution in [-0.2, 0) is 4.79 Å². The highest BCUT2D eigenvalue weighted by atomic mass is 35.5. The second-order valence-electron chi connectivity index (χ2n) is 4.35. The number of nitrogens with zero attached hydrogens (tertiary/aromatic N) is 2. The third-order valence-electron chi connectivity index (χ3n) is 3.09. The van der Waals surface area contributed by atoms with Gasteiger partial charge in [0, 0.05) is 17.4 Å². The predicted octanol–water partition coefficient (Wildman–Crippen LogP) is 2.13. The number of fused-ring (bicyclic) bond motifs is 1. The van der Waals surface area contributed by atoms with Gasteiger partial charge in [-0.1, -0.05) is 24.6 Å². The molecule has 0 fully saturated rings. The molecule has 5 nitrogen and oxygen atoms in total. The van der Waals surface area contributed by atoms with Gasteiger partial charge in [-0.15, -0.1) is 0 Å². The van der Waals surface area contributed by atoms with E-state index in [0.29, 0.717) is 5.02 Å². The predicted molar refractivity (Wildman–Crippen MR) is 73.6 cm³/mol. The number of aromatic nitrogens is 2. The molecule has 6 heteroatoms. The Bertz CT molecular complexity index is 637. The molecule has 1 aromatic heterocycles. The Hall–Kier alpha value is -1.85. The molecule has 0 radical (unpaired) electrons. The summed E-state index contributed by atoms with van der Waals surface area (Å²) in [5.74, 6) is -0.0208. The molecule has 0 saturated heterocycles. The van der Waals surface area contributed by atoms with Crippen molar-refractivity contribution in [1.82, 2.24) is 15.1 Å². The van der Waals surface area contributed by atoms with Gasteiger partial charge in [0.25, 0.3) is 0 Å². The van der Waals surface area contributed by atoms with Gasteiger partial charge < -0.3 is 10.6 Å². The average molecular weight is 277 g/mol. The lowest BCUT2D eigenvalue weighted by Gasteiger charge is -2.09. The normalized spacial score (nSPS) is 17.4. The molecule has 3 rings (SSSR count). The van der Waals surface area contributed by atoms with Crippen molar-refractivity contribution in [1.29, 1.82) is 0 Å². The van der Waals surface area contributed by atoms with E-state index in [4.69, 9.17) is 11.6 Å². The maximum absolute atomic E-state index is 11.9. The lowest BCUT2D eigenvalue weighted by molar-refractivity contribution is -0.117. The first-order chi connectivity index (χ1) is 9.19. The van der Waals surface area contributed by atoms with Gasteiger partial charge in [0.1, 0.15) is 6.04 Å². The van der Waals surface area contributed by atoms with Crippen molar-refractivity contribution in [2.45, 2.75) is 13.0 Å². The van der Waals surface area contributed by atoms with Gasteiger partial charge in [-0.05, 0) is 18.7 Å². The third kappa shape index (κ3) is 2.11. The van der Waals surface area contributed by atoms with Crippen LogP contribution in [0.2, 0.25) is 5.02 Å². The number of halogens is 1. The molecule has 1 unspecified atom stereocenters. The van der Waals surface area contributed by atoms with Crippen LogP contribution >= 0.6 is 11.6 Å². The molecule has 0 bridgehead atoms. The number of anilines is 1. The highest BCUT2D eigenvalue weighted by molar-refractivity contribution is 6.30. The summed E-state index contributed by atoms with van der Waals surface area (Å²) < 4.78 is 1.68.